The van der Waals surface area contributed by atoms with Crippen molar-refractivity contribution < 1.29 is 23.7 Å². The highest BCUT2D eigenvalue weighted by Crippen LogP contribution is 2.34. The van der Waals surface area contributed by atoms with Crippen molar-refractivity contribution in [3.8, 4) is 29.1 Å². The van der Waals surface area contributed by atoms with Gasteiger partial charge in [0.2, 0.25) is 5.91 Å². The van der Waals surface area contributed by atoms with E-state index >= 15 is 0 Å². The molecule has 1 heterocycles. The Balaban J connectivity index is 1.71. The van der Waals surface area contributed by atoms with Gasteiger partial charge in [0, 0.05) is 12.5 Å². The maximum Gasteiger partial charge on any atom is 0.244 e. The van der Waals surface area contributed by atoms with E-state index in [1.54, 1.807) is 24.3 Å². The lowest BCUT2D eigenvalue weighted by Gasteiger charge is -2.23. The van der Waals surface area contributed by atoms with Crippen LogP contribution in [0.15, 0.2) is 42.5 Å². The SMILES string of the molecule is COc1cc(/C=C/C(=O)NC(c2ccc3c(c2)OCCCO3)C(C)C)ccc1OCC#N. The van der Waals surface area contributed by atoms with Crippen molar-refractivity contribution in [2.45, 2.75) is 26.3 Å². The van der Waals surface area contributed by atoms with Gasteiger partial charge in [0.25, 0.3) is 0 Å². The number of nitrogens with zero attached hydrogens (tertiary/aromatic N) is 1. The third kappa shape index (κ3) is 5.94. The lowest BCUT2D eigenvalue weighted by Crippen LogP contribution is -2.30. The smallest absolute Gasteiger partial charge is 0.244 e. The van der Waals surface area contributed by atoms with Gasteiger partial charge in [-0.3, -0.25) is 4.79 Å². The Bertz CT molecular complexity index is 1010. The van der Waals surface area contributed by atoms with Crippen molar-refractivity contribution in [3.63, 3.8) is 0 Å². The second-order valence-electron chi connectivity index (χ2n) is 7.68. The van der Waals surface area contributed by atoms with E-state index < -0.39 is 0 Å². The summed E-state index contributed by atoms with van der Waals surface area (Å²) in [4.78, 5) is 12.7. The third-order valence-corrected chi connectivity index (χ3v) is 5.00. The highest BCUT2D eigenvalue weighted by atomic mass is 16.5. The van der Waals surface area contributed by atoms with Crippen LogP contribution in [-0.2, 0) is 4.79 Å². The maximum atomic E-state index is 12.7. The number of benzene rings is 2. The quantitative estimate of drug-likeness (QED) is 0.621. The molecule has 0 fully saturated rings. The molecule has 168 valence electrons. The van der Waals surface area contributed by atoms with Gasteiger partial charge < -0.3 is 24.3 Å². The minimum absolute atomic E-state index is 0.0651. The fourth-order valence-electron chi connectivity index (χ4n) is 3.40. The molecule has 0 saturated carbocycles. The molecule has 3 rings (SSSR count). The highest BCUT2D eigenvalue weighted by molar-refractivity contribution is 5.92. The number of rotatable bonds is 8. The van der Waals surface area contributed by atoms with Crippen LogP contribution in [0.3, 0.4) is 0 Å². The van der Waals surface area contributed by atoms with E-state index in [9.17, 15) is 4.79 Å². The summed E-state index contributed by atoms with van der Waals surface area (Å²) in [5.74, 6) is 2.38. The van der Waals surface area contributed by atoms with Crippen molar-refractivity contribution in [2.75, 3.05) is 26.9 Å². The molecular formula is C25H28N2O5. The summed E-state index contributed by atoms with van der Waals surface area (Å²) in [5.41, 5.74) is 1.74. The topological polar surface area (TPSA) is 89.8 Å². The summed E-state index contributed by atoms with van der Waals surface area (Å²) in [6.45, 7) is 5.30. The van der Waals surface area contributed by atoms with E-state index in [1.807, 2.05) is 24.3 Å². The van der Waals surface area contributed by atoms with Gasteiger partial charge in [-0.1, -0.05) is 26.0 Å². The number of amides is 1. The molecule has 32 heavy (non-hydrogen) atoms. The predicted octanol–water partition coefficient (Wildman–Crippen LogP) is 4.29. The Morgan fingerprint density at radius 1 is 1.16 bits per heavy atom. The van der Waals surface area contributed by atoms with E-state index in [2.05, 4.69) is 19.2 Å². The zero-order valence-electron chi connectivity index (χ0n) is 18.6. The average molecular weight is 437 g/mol. The molecule has 7 nitrogen and oxygen atoms in total. The molecule has 0 spiro atoms. The van der Waals surface area contributed by atoms with Crippen LogP contribution in [-0.4, -0.2) is 32.8 Å². The Kier molecular flexibility index (Phi) is 7.98. The first-order valence-electron chi connectivity index (χ1n) is 10.6. The van der Waals surface area contributed by atoms with Crippen LogP contribution in [0.2, 0.25) is 0 Å². The normalized spacial score (nSPS) is 13.8. The van der Waals surface area contributed by atoms with Gasteiger partial charge in [-0.15, -0.1) is 0 Å². The summed E-state index contributed by atoms with van der Waals surface area (Å²) in [6.07, 6.45) is 4.04. The molecule has 1 aliphatic heterocycles. The van der Waals surface area contributed by atoms with E-state index in [-0.39, 0.29) is 24.5 Å². The van der Waals surface area contributed by atoms with Crippen LogP contribution in [0, 0.1) is 17.2 Å². The number of hydrogen-bond acceptors (Lipinski definition) is 6. The molecule has 0 bridgehead atoms. The number of methoxy groups -OCH3 is 1. The van der Waals surface area contributed by atoms with E-state index in [1.165, 1.54) is 13.2 Å². The number of fused-ring (bicyclic) bond motifs is 1. The molecule has 0 saturated heterocycles. The van der Waals surface area contributed by atoms with Crippen LogP contribution >= 0.6 is 0 Å². The number of ether oxygens (including phenoxy) is 4. The maximum absolute atomic E-state index is 12.7. The molecule has 1 atom stereocenters. The predicted molar refractivity (Wildman–Crippen MR) is 121 cm³/mol. The van der Waals surface area contributed by atoms with E-state index in [0.717, 1.165) is 23.3 Å². The number of nitrogens with one attached hydrogen (secondary N) is 1. The summed E-state index contributed by atoms with van der Waals surface area (Å²) < 4.78 is 22.1. The van der Waals surface area contributed by atoms with Crippen molar-refractivity contribution >= 4 is 12.0 Å². The van der Waals surface area contributed by atoms with Gasteiger partial charge >= 0.3 is 0 Å². The van der Waals surface area contributed by atoms with Crippen LogP contribution in [0.1, 0.15) is 37.4 Å². The first kappa shape index (κ1) is 23.0. The summed E-state index contributed by atoms with van der Waals surface area (Å²) in [7, 11) is 1.53. The lowest BCUT2D eigenvalue weighted by atomic mass is 9.95. The van der Waals surface area contributed by atoms with Crippen LogP contribution in [0.25, 0.3) is 6.08 Å². The lowest BCUT2D eigenvalue weighted by molar-refractivity contribution is -0.117. The van der Waals surface area contributed by atoms with Gasteiger partial charge in [-0.2, -0.15) is 5.26 Å². The fourth-order valence-corrected chi connectivity index (χ4v) is 3.40. The van der Waals surface area contributed by atoms with Crippen molar-refractivity contribution in [3.05, 3.63) is 53.6 Å². The minimum Gasteiger partial charge on any atom is -0.493 e. The molecule has 2 aromatic rings. The standard InChI is InChI=1S/C25H28N2O5/c1-17(2)25(19-7-9-21-23(16-19)31-13-4-12-30-21)27-24(28)10-6-18-5-8-20(32-14-11-26)22(15-18)29-3/h5-10,15-17,25H,4,12-14H2,1-3H3,(H,27,28)/b10-6+. The highest BCUT2D eigenvalue weighted by Gasteiger charge is 2.20. The van der Waals surface area contributed by atoms with Gasteiger partial charge in [0.15, 0.2) is 29.6 Å². The monoisotopic (exact) mass is 436 g/mol. The second-order valence-corrected chi connectivity index (χ2v) is 7.68. The molecule has 0 aromatic heterocycles. The zero-order chi connectivity index (χ0) is 22.9. The molecule has 7 heteroatoms. The Morgan fingerprint density at radius 3 is 2.66 bits per heavy atom. The van der Waals surface area contributed by atoms with Crippen LogP contribution in [0.4, 0.5) is 0 Å². The second kappa shape index (κ2) is 11.1. The van der Waals surface area contributed by atoms with Gasteiger partial charge in [0.1, 0.15) is 6.07 Å². The first-order chi connectivity index (χ1) is 15.5. The Morgan fingerprint density at radius 2 is 1.94 bits per heavy atom. The molecule has 0 aliphatic carbocycles. The molecule has 1 unspecified atom stereocenters. The van der Waals surface area contributed by atoms with Gasteiger partial charge in [0.05, 0.1) is 26.4 Å². The Hall–Kier alpha value is -3.66. The van der Waals surface area contributed by atoms with Crippen LogP contribution < -0.4 is 24.3 Å². The number of nitriles is 1. The third-order valence-electron chi connectivity index (χ3n) is 5.00. The zero-order valence-corrected chi connectivity index (χ0v) is 18.6. The number of hydrogen-bond donors (Lipinski definition) is 1. The Labute approximate surface area is 188 Å². The van der Waals surface area contributed by atoms with E-state index in [0.29, 0.717) is 30.5 Å². The number of carbonyl (C=O) groups excluding carboxylic acids is 1. The van der Waals surface area contributed by atoms with E-state index in [4.69, 9.17) is 24.2 Å². The summed E-state index contributed by atoms with van der Waals surface area (Å²) in [6, 6.07) is 12.8. The largest absolute Gasteiger partial charge is 0.493 e. The summed E-state index contributed by atoms with van der Waals surface area (Å²) >= 11 is 0. The van der Waals surface area contributed by atoms with Crippen molar-refractivity contribution in [2.24, 2.45) is 5.92 Å². The molecular weight excluding hydrogens is 408 g/mol. The minimum atomic E-state index is -0.209. The fraction of sp³-hybridized carbons (Fsp3) is 0.360. The average Bonchev–Trinajstić information content (AvgIpc) is 3.04. The molecule has 1 N–H and O–H groups in total. The number of carbonyl (C=O) groups is 1. The first-order valence-corrected chi connectivity index (χ1v) is 10.6. The molecule has 1 amide bonds. The molecule has 1 aliphatic rings. The molecule has 0 radical (unpaired) electrons. The van der Waals surface area contributed by atoms with Crippen LogP contribution in [0.5, 0.6) is 23.0 Å². The molecule has 2 aromatic carbocycles. The van der Waals surface area contributed by atoms with Gasteiger partial charge in [-0.05, 0) is 47.4 Å². The van der Waals surface area contributed by atoms with Crippen molar-refractivity contribution in [1.82, 2.24) is 5.32 Å². The van der Waals surface area contributed by atoms with Crippen molar-refractivity contribution in [1.29, 1.82) is 5.26 Å². The summed E-state index contributed by atoms with van der Waals surface area (Å²) in [5, 5.41) is 11.7. The van der Waals surface area contributed by atoms with Gasteiger partial charge in [-0.25, -0.2) is 0 Å².